The lowest BCUT2D eigenvalue weighted by Crippen LogP contribution is -2.38. The van der Waals surface area contributed by atoms with Gasteiger partial charge in [0.1, 0.15) is 24.2 Å². The molecule has 3 aromatic rings. The molecule has 0 saturated carbocycles. The third-order valence-corrected chi connectivity index (χ3v) is 5.60. The van der Waals surface area contributed by atoms with E-state index in [0.29, 0.717) is 47.4 Å². The second-order valence-electron chi connectivity index (χ2n) is 8.44. The van der Waals surface area contributed by atoms with E-state index in [1.165, 1.54) is 17.5 Å². The van der Waals surface area contributed by atoms with E-state index in [2.05, 4.69) is 43.6 Å². The van der Waals surface area contributed by atoms with Gasteiger partial charge >= 0.3 is 0 Å². The first kappa shape index (κ1) is 20.1. The van der Waals surface area contributed by atoms with Gasteiger partial charge in [0.15, 0.2) is 5.76 Å². The zero-order valence-corrected chi connectivity index (χ0v) is 17.9. The molecule has 6 nitrogen and oxygen atoms in total. The van der Waals surface area contributed by atoms with Crippen LogP contribution in [0.3, 0.4) is 0 Å². The Labute approximate surface area is 177 Å². The molecular formula is C24H27N3O3. The van der Waals surface area contributed by atoms with Crippen LogP contribution in [-0.4, -0.2) is 18.1 Å². The van der Waals surface area contributed by atoms with Crippen molar-refractivity contribution >= 4 is 5.88 Å². The van der Waals surface area contributed by atoms with Gasteiger partial charge in [-0.05, 0) is 67.5 Å². The molecule has 4 rings (SSSR count). The summed E-state index contributed by atoms with van der Waals surface area (Å²) in [5, 5.41) is 9.55. The summed E-state index contributed by atoms with van der Waals surface area (Å²) in [7, 11) is 0. The second-order valence-corrected chi connectivity index (χ2v) is 8.44. The molecule has 2 atom stereocenters. The number of rotatable bonds is 5. The highest BCUT2D eigenvalue weighted by Gasteiger charge is 2.28. The molecule has 1 saturated heterocycles. The molecule has 1 aromatic carbocycles. The molecule has 1 fully saturated rings. The van der Waals surface area contributed by atoms with Crippen LogP contribution >= 0.6 is 0 Å². The number of hydrogen-bond acceptors (Lipinski definition) is 6. The Kier molecular flexibility index (Phi) is 5.54. The van der Waals surface area contributed by atoms with Crippen molar-refractivity contribution < 1.29 is 13.6 Å². The minimum absolute atomic E-state index is 0.302. The van der Waals surface area contributed by atoms with Crippen LogP contribution in [0.1, 0.15) is 42.8 Å². The van der Waals surface area contributed by atoms with Gasteiger partial charge in [-0.25, -0.2) is 0 Å². The van der Waals surface area contributed by atoms with E-state index in [0.717, 1.165) is 18.8 Å². The molecule has 2 aromatic heterocycles. The number of anilines is 1. The molecule has 0 aliphatic carbocycles. The Bertz CT molecular complexity index is 1070. The van der Waals surface area contributed by atoms with Crippen LogP contribution in [0.4, 0.5) is 5.88 Å². The summed E-state index contributed by atoms with van der Waals surface area (Å²) in [5.74, 6) is 3.92. The highest BCUT2D eigenvalue weighted by molar-refractivity contribution is 5.56. The molecular weight excluding hydrogens is 378 g/mol. The first-order valence-electron chi connectivity index (χ1n) is 10.4. The molecule has 1 aliphatic rings. The molecule has 156 valence electrons. The number of nitriles is 1. The van der Waals surface area contributed by atoms with Crippen molar-refractivity contribution in [2.45, 2.75) is 40.7 Å². The Hall–Kier alpha value is -3.20. The van der Waals surface area contributed by atoms with Crippen molar-refractivity contribution in [3.63, 3.8) is 0 Å². The highest BCUT2D eigenvalue weighted by Crippen LogP contribution is 2.33. The highest BCUT2D eigenvalue weighted by atomic mass is 16.5. The Morgan fingerprint density at radius 2 is 1.87 bits per heavy atom. The van der Waals surface area contributed by atoms with Crippen molar-refractivity contribution in [3.8, 4) is 23.5 Å². The number of benzene rings is 1. The van der Waals surface area contributed by atoms with Gasteiger partial charge in [0.2, 0.25) is 11.6 Å². The summed E-state index contributed by atoms with van der Waals surface area (Å²) in [5.41, 5.74) is 2.72. The number of oxazole rings is 1. The predicted octanol–water partition coefficient (Wildman–Crippen LogP) is 5.48. The molecule has 0 N–H and O–H groups in total. The number of piperidine rings is 1. The van der Waals surface area contributed by atoms with Crippen molar-refractivity contribution in [2.75, 3.05) is 18.0 Å². The molecule has 3 heterocycles. The topological polar surface area (TPSA) is 75.4 Å². The first-order valence-corrected chi connectivity index (χ1v) is 10.4. The van der Waals surface area contributed by atoms with E-state index in [4.69, 9.17) is 13.6 Å². The Morgan fingerprint density at radius 1 is 1.10 bits per heavy atom. The molecule has 1 aliphatic heterocycles. The molecule has 0 bridgehead atoms. The maximum atomic E-state index is 9.55. The SMILES string of the molecule is Cc1ccc(OCc2ccc(-c3nc(C#N)c(N4CC(C)CC(C)C4)o3)o2)cc1C. The lowest BCUT2D eigenvalue weighted by atomic mass is 9.92. The van der Waals surface area contributed by atoms with Crippen LogP contribution in [0.25, 0.3) is 11.7 Å². The summed E-state index contributed by atoms with van der Waals surface area (Å²) in [6.45, 7) is 10.6. The van der Waals surface area contributed by atoms with Gasteiger partial charge in [-0.3, -0.25) is 0 Å². The Morgan fingerprint density at radius 3 is 2.57 bits per heavy atom. The van der Waals surface area contributed by atoms with Crippen molar-refractivity contribution in [3.05, 3.63) is 52.9 Å². The van der Waals surface area contributed by atoms with Crippen LogP contribution < -0.4 is 9.64 Å². The number of aromatic nitrogens is 1. The summed E-state index contributed by atoms with van der Waals surface area (Å²) >= 11 is 0. The molecule has 0 amide bonds. The smallest absolute Gasteiger partial charge is 0.266 e. The predicted molar refractivity (Wildman–Crippen MR) is 114 cm³/mol. The summed E-state index contributed by atoms with van der Waals surface area (Å²) in [6.07, 6.45) is 1.18. The fraction of sp³-hybridized carbons (Fsp3) is 0.417. The summed E-state index contributed by atoms with van der Waals surface area (Å²) in [4.78, 5) is 6.50. The number of aryl methyl sites for hydroxylation is 2. The van der Waals surface area contributed by atoms with Crippen molar-refractivity contribution in [1.82, 2.24) is 4.98 Å². The van der Waals surface area contributed by atoms with E-state index in [1.54, 1.807) is 6.07 Å². The first-order chi connectivity index (χ1) is 14.4. The van der Waals surface area contributed by atoms with Crippen LogP contribution in [0.2, 0.25) is 0 Å². The van der Waals surface area contributed by atoms with Gasteiger partial charge in [-0.15, -0.1) is 0 Å². The van der Waals surface area contributed by atoms with Crippen LogP contribution in [0, 0.1) is 37.0 Å². The Balaban J connectivity index is 1.50. The van der Waals surface area contributed by atoms with E-state index in [-0.39, 0.29) is 0 Å². The third-order valence-electron chi connectivity index (χ3n) is 5.60. The molecule has 2 unspecified atom stereocenters. The minimum Gasteiger partial charge on any atom is -0.486 e. The number of hydrogen-bond donors (Lipinski definition) is 0. The fourth-order valence-corrected chi connectivity index (χ4v) is 4.06. The van der Waals surface area contributed by atoms with Gasteiger partial charge in [0.05, 0.1) is 0 Å². The number of furan rings is 1. The van der Waals surface area contributed by atoms with E-state index >= 15 is 0 Å². The van der Waals surface area contributed by atoms with Gasteiger partial charge in [0, 0.05) is 13.1 Å². The van der Waals surface area contributed by atoms with Crippen molar-refractivity contribution in [1.29, 1.82) is 5.26 Å². The van der Waals surface area contributed by atoms with Crippen LogP contribution in [0.15, 0.2) is 39.2 Å². The molecule has 0 spiro atoms. The average Bonchev–Trinajstić information content (AvgIpc) is 3.35. The normalized spacial score (nSPS) is 19.0. The molecule has 6 heteroatoms. The van der Waals surface area contributed by atoms with Crippen LogP contribution in [0.5, 0.6) is 5.75 Å². The fourth-order valence-electron chi connectivity index (χ4n) is 4.06. The van der Waals surface area contributed by atoms with Crippen LogP contribution in [-0.2, 0) is 6.61 Å². The van der Waals surface area contributed by atoms with Gasteiger partial charge in [-0.2, -0.15) is 10.2 Å². The maximum Gasteiger partial charge on any atom is 0.266 e. The third kappa shape index (κ3) is 4.20. The average molecular weight is 405 g/mol. The standard InChI is InChI=1S/C24H27N3O3/c1-15-9-16(2)13-27(12-15)24-21(11-25)26-23(30-24)22-8-7-20(29-22)14-28-19-6-5-17(3)18(4)10-19/h5-8,10,15-16H,9,12-14H2,1-4H3. The monoisotopic (exact) mass is 405 g/mol. The zero-order valence-electron chi connectivity index (χ0n) is 17.9. The zero-order chi connectivity index (χ0) is 21.3. The second kappa shape index (κ2) is 8.27. The van der Waals surface area contributed by atoms with E-state index in [1.807, 2.05) is 24.3 Å². The van der Waals surface area contributed by atoms with E-state index in [9.17, 15) is 5.26 Å². The lowest BCUT2D eigenvalue weighted by molar-refractivity contribution is 0.271. The maximum absolute atomic E-state index is 9.55. The largest absolute Gasteiger partial charge is 0.486 e. The lowest BCUT2D eigenvalue weighted by Gasteiger charge is -2.34. The quantitative estimate of drug-likeness (QED) is 0.559. The van der Waals surface area contributed by atoms with E-state index < -0.39 is 0 Å². The van der Waals surface area contributed by atoms with Crippen molar-refractivity contribution in [2.24, 2.45) is 11.8 Å². The van der Waals surface area contributed by atoms with Gasteiger partial charge in [-0.1, -0.05) is 19.9 Å². The number of ether oxygens (including phenoxy) is 1. The summed E-state index contributed by atoms with van der Waals surface area (Å²) in [6, 6.07) is 11.8. The summed E-state index contributed by atoms with van der Waals surface area (Å²) < 4.78 is 17.7. The van der Waals surface area contributed by atoms with Gasteiger partial charge < -0.3 is 18.5 Å². The van der Waals surface area contributed by atoms with Gasteiger partial charge in [0.25, 0.3) is 5.89 Å². The molecule has 0 radical (unpaired) electrons. The molecule has 30 heavy (non-hydrogen) atoms. The number of nitrogens with zero attached hydrogens (tertiary/aromatic N) is 3. The minimum atomic E-state index is 0.302.